The van der Waals surface area contributed by atoms with Crippen molar-refractivity contribution in [3.05, 3.63) is 28.2 Å². The summed E-state index contributed by atoms with van der Waals surface area (Å²) in [4.78, 5) is 21.2. The highest BCUT2D eigenvalue weighted by molar-refractivity contribution is 9.10. The summed E-state index contributed by atoms with van der Waals surface area (Å²) >= 11 is 2.72. The van der Waals surface area contributed by atoms with E-state index in [1.165, 1.54) is 6.92 Å². The van der Waals surface area contributed by atoms with Gasteiger partial charge in [0.05, 0.1) is 0 Å². The van der Waals surface area contributed by atoms with Crippen molar-refractivity contribution in [3.8, 4) is 0 Å². The van der Waals surface area contributed by atoms with Gasteiger partial charge in [-0.05, 0) is 28.9 Å². The summed E-state index contributed by atoms with van der Waals surface area (Å²) in [5.41, 5.74) is 4.87. The number of amides is 1. The summed E-state index contributed by atoms with van der Waals surface area (Å²) in [6.07, 6.45) is -1.24. The maximum absolute atomic E-state index is 13.6. The normalized spacial score (nSPS) is 12.7. The lowest BCUT2D eigenvalue weighted by atomic mass is 10.3. The molecule has 0 aliphatic heterocycles. The first kappa shape index (κ1) is 18.5. The minimum absolute atomic E-state index is 0.351. The Kier molecular flexibility index (Phi) is 5.97. The molecule has 0 saturated heterocycles. The quantitative estimate of drug-likeness (QED) is 0.671. The van der Waals surface area contributed by atoms with Crippen LogP contribution >= 0.6 is 15.9 Å². The maximum atomic E-state index is 13.6. The Morgan fingerprint density at radius 1 is 1.41 bits per heavy atom. The van der Waals surface area contributed by atoms with Gasteiger partial charge in [0.25, 0.3) is 5.91 Å². The average molecular weight is 401 g/mol. The minimum Gasteiger partial charge on any atom is -0.452 e. The van der Waals surface area contributed by atoms with E-state index in [9.17, 15) is 26.8 Å². The van der Waals surface area contributed by atoms with E-state index in [0.29, 0.717) is 6.07 Å². The van der Waals surface area contributed by atoms with Gasteiger partial charge in [0.15, 0.2) is 6.10 Å². The Balaban J connectivity index is 2.85. The predicted molar refractivity (Wildman–Crippen MR) is 74.0 cm³/mol. The predicted octanol–water partition coefficient (Wildman–Crippen LogP) is 0.423. The van der Waals surface area contributed by atoms with Crippen molar-refractivity contribution in [1.29, 1.82) is 0 Å². The van der Waals surface area contributed by atoms with E-state index in [1.54, 1.807) is 4.72 Å². The third kappa shape index (κ3) is 4.71. The molecule has 0 aliphatic rings. The van der Waals surface area contributed by atoms with Crippen LogP contribution in [-0.4, -0.2) is 32.9 Å². The van der Waals surface area contributed by atoms with Gasteiger partial charge < -0.3 is 10.5 Å². The van der Waals surface area contributed by atoms with Crippen LogP contribution < -0.4 is 10.5 Å². The Hall–Kier alpha value is -1.59. The molecule has 0 heterocycles. The maximum Gasteiger partial charge on any atom is 0.321 e. The van der Waals surface area contributed by atoms with Gasteiger partial charge in [0.1, 0.15) is 23.1 Å². The monoisotopic (exact) mass is 400 g/mol. The lowest BCUT2D eigenvalue weighted by Crippen LogP contribution is -2.36. The second-order valence-corrected chi connectivity index (χ2v) is 6.62. The summed E-state index contributed by atoms with van der Waals surface area (Å²) in [5, 5.41) is 0. The summed E-state index contributed by atoms with van der Waals surface area (Å²) in [5.74, 6) is -4.31. The summed E-state index contributed by atoms with van der Waals surface area (Å²) < 4.78 is 56.3. The Labute approximate surface area is 133 Å². The summed E-state index contributed by atoms with van der Waals surface area (Å²) in [7, 11) is -4.45. The second kappa shape index (κ2) is 7.11. The van der Waals surface area contributed by atoms with Gasteiger partial charge in [0.2, 0.25) is 10.0 Å². The lowest BCUT2D eigenvalue weighted by Gasteiger charge is -2.11. The van der Waals surface area contributed by atoms with Crippen LogP contribution in [0, 0.1) is 11.6 Å². The average Bonchev–Trinajstić information content (AvgIpc) is 2.34. The molecule has 7 nitrogen and oxygen atoms in total. The van der Waals surface area contributed by atoms with E-state index in [2.05, 4.69) is 20.7 Å². The number of carbonyl (C=O) groups is 2. The van der Waals surface area contributed by atoms with Crippen molar-refractivity contribution in [1.82, 2.24) is 4.72 Å². The van der Waals surface area contributed by atoms with Gasteiger partial charge in [-0.25, -0.2) is 17.2 Å². The fourth-order valence-corrected chi connectivity index (χ4v) is 3.44. The summed E-state index contributed by atoms with van der Waals surface area (Å²) in [6, 6.07) is 1.14. The van der Waals surface area contributed by atoms with Crippen LogP contribution in [0.2, 0.25) is 0 Å². The third-order valence-electron chi connectivity index (χ3n) is 2.35. The molecule has 0 aliphatic carbocycles. The van der Waals surface area contributed by atoms with Gasteiger partial charge in [-0.2, -0.15) is 4.72 Å². The molecule has 3 N–H and O–H groups in total. The van der Waals surface area contributed by atoms with Crippen LogP contribution in [0.1, 0.15) is 6.92 Å². The number of nitrogens with one attached hydrogen (secondary N) is 1. The number of halogens is 3. The molecule has 0 radical (unpaired) electrons. The molecular weight excluding hydrogens is 390 g/mol. The molecule has 0 fully saturated rings. The highest BCUT2D eigenvalue weighted by atomic mass is 79.9. The van der Waals surface area contributed by atoms with Crippen molar-refractivity contribution >= 4 is 37.8 Å². The fraction of sp³-hybridized carbons (Fsp3) is 0.273. The van der Waals surface area contributed by atoms with Crippen LogP contribution in [0.15, 0.2) is 21.5 Å². The van der Waals surface area contributed by atoms with E-state index in [-0.39, 0.29) is 4.47 Å². The van der Waals surface area contributed by atoms with Crippen molar-refractivity contribution in [2.45, 2.75) is 17.9 Å². The van der Waals surface area contributed by atoms with Crippen LogP contribution in [0.25, 0.3) is 0 Å². The van der Waals surface area contributed by atoms with Crippen molar-refractivity contribution in [2.24, 2.45) is 5.73 Å². The highest BCUT2D eigenvalue weighted by Gasteiger charge is 2.25. The standard InChI is InChI=1S/C11H11BrF2N2O5S/c1-5(11(15)18)21-9(17)4-16-22(19,20)10-7(12)2-6(13)3-8(10)14/h2-3,5,16H,4H2,1H3,(H2,15,18)/t5-/m1/s1. The lowest BCUT2D eigenvalue weighted by molar-refractivity contribution is -0.152. The van der Waals surface area contributed by atoms with Gasteiger partial charge in [-0.1, -0.05) is 0 Å². The van der Waals surface area contributed by atoms with Crippen LogP contribution in [0.3, 0.4) is 0 Å². The molecule has 22 heavy (non-hydrogen) atoms. The Bertz CT molecular complexity index is 687. The van der Waals surface area contributed by atoms with Gasteiger partial charge in [-0.3, -0.25) is 9.59 Å². The molecule has 1 atom stereocenters. The zero-order valence-electron chi connectivity index (χ0n) is 11.1. The van der Waals surface area contributed by atoms with Crippen molar-refractivity contribution in [2.75, 3.05) is 6.54 Å². The van der Waals surface area contributed by atoms with Gasteiger partial charge >= 0.3 is 5.97 Å². The van der Waals surface area contributed by atoms with E-state index < -0.39 is 51.1 Å². The minimum atomic E-state index is -4.45. The largest absolute Gasteiger partial charge is 0.452 e. The van der Waals surface area contributed by atoms with Crippen LogP contribution in [-0.2, 0) is 24.3 Å². The zero-order valence-corrected chi connectivity index (χ0v) is 13.5. The first-order valence-electron chi connectivity index (χ1n) is 5.67. The van der Waals surface area contributed by atoms with Gasteiger partial charge in [-0.15, -0.1) is 0 Å². The molecule has 1 amide bonds. The van der Waals surface area contributed by atoms with Crippen molar-refractivity contribution in [3.63, 3.8) is 0 Å². The van der Waals surface area contributed by atoms with Crippen molar-refractivity contribution < 1.29 is 31.5 Å². The number of carbonyl (C=O) groups excluding carboxylic acids is 2. The molecule has 0 spiro atoms. The second-order valence-electron chi connectivity index (χ2n) is 4.06. The number of rotatable bonds is 6. The number of primary amides is 1. The topological polar surface area (TPSA) is 116 Å². The van der Waals surface area contributed by atoms with Gasteiger partial charge in [0, 0.05) is 10.5 Å². The SMILES string of the molecule is C[C@@H](OC(=O)CNS(=O)(=O)c1c(F)cc(F)cc1Br)C(N)=O. The zero-order chi connectivity index (χ0) is 17.1. The molecule has 1 aromatic carbocycles. The molecule has 11 heteroatoms. The molecule has 1 rings (SSSR count). The molecule has 0 bridgehead atoms. The number of benzene rings is 1. The number of hydrogen-bond acceptors (Lipinski definition) is 5. The van der Waals surface area contributed by atoms with E-state index in [0.717, 1.165) is 6.07 Å². The molecule has 1 aromatic rings. The van der Waals surface area contributed by atoms with E-state index >= 15 is 0 Å². The number of nitrogens with two attached hydrogens (primary N) is 1. The molecule has 0 aromatic heterocycles. The molecular formula is C11H11BrF2N2O5S. The van der Waals surface area contributed by atoms with Crippen LogP contribution in [0.4, 0.5) is 8.78 Å². The molecule has 0 unspecified atom stereocenters. The fourth-order valence-electron chi connectivity index (χ4n) is 1.31. The third-order valence-corrected chi connectivity index (χ3v) is 4.71. The Morgan fingerprint density at radius 3 is 2.50 bits per heavy atom. The number of sulfonamides is 1. The first-order chi connectivity index (χ1) is 10.0. The van der Waals surface area contributed by atoms with E-state index in [1.807, 2.05) is 0 Å². The first-order valence-corrected chi connectivity index (χ1v) is 7.95. The number of ether oxygens (including phenoxy) is 1. The molecule has 0 saturated carbocycles. The molecule has 122 valence electrons. The van der Waals surface area contributed by atoms with Crippen LogP contribution in [0.5, 0.6) is 0 Å². The number of hydrogen-bond donors (Lipinski definition) is 2. The smallest absolute Gasteiger partial charge is 0.321 e. The number of esters is 1. The van der Waals surface area contributed by atoms with E-state index in [4.69, 9.17) is 5.73 Å². The Morgan fingerprint density at radius 2 is 2.00 bits per heavy atom. The highest BCUT2D eigenvalue weighted by Crippen LogP contribution is 2.25. The summed E-state index contributed by atoms with van der Waals surface area (Å²) in [6.45, 7) is 0.341.